The third kappa shape index (κ3) is 2.89. The van der Waals surface area contributed by atoms with E-state index >= 15 is 0 Å². The monoisotopic (exact) mass is 291 g/mol. The number of hydrogen-bond donors (Lipinski definition) is 0. The number of amides is 1. The summed E-state index contributed by atoms with van der Waals surface area (Å²) in [6, 6.07) is 4.04. The number of hydrogen-bond acceptors (Lipinski definition) is 5. The molecule has 0 saturated heterocycles. The van der Waals surface area contributed by atoms with E-state index in [0.29, 0.717) is 17.0 Å². The van der Waals surface area contributed by atoms with Crippen LogP contribution < -0.4 is 9.64 Å². The molecule has 1 aromatic rings. The van der Waals surface area contributed by atoms with Gasteiger partial charge in [-0.25, -0.2) is 4.79 Å². The van der Waals surface area contributed by atoms with Gasteiger partial charge in [-0.1, -0.05) is 0 Å². The topological polar surface area (TPSA) is 72.9 Å². The summed E-state index contributed by atoms with van der Waals surface area (Å²) in [7, 11) is 0. The van der Waals surface area contributed by atoms with Crippen molar-refractivity contribution in [1.82, 2.24) is 0 Å². The Bertz CT molecular complexity index is 596. The van der Waals surface area contributed by atoms with Crippen LogP contribution in [0.3, 0.4) is 0 Å². The van der Waals surface area contributed by atoms with Crippen molar-refractivity contribution >= 4 is 23.3 Å². The summed E-state index contributed by atoms with van der Waals surface area (Å²) in [6.07, 6.45) is 0. The van der Waals surface area contributed by atoms with Crippen molar-refractivity contribution in [2.75, 3.05) is 18.1 Å². The summed E-state index contributed by atoms with van der Waals surface area (Å²) in [6.45, 7) is 4.82. The van der Waals surface area contributed by atoms with Crippen molar-refractivity contribution < 1.29 is 23.9 Å². The minimum Gasteiger partial charge on any atom is -0.482 e. The first-order chi connectivity index (χ1) is 9.95. The largest absolute Gasteiger partial charge is 0.482 e. The maximum absolute atomic E-state index is 12.1. The second kappa shape index (κ2) is 5.95. The molecule has 0 saturated carbocycles. The highest BCUT2D eigenvalue weighted by atomic mass is 16.5. The molecule has 1 amide bonds. The van der Waals surface area contributed by atoms with Crippen molar-refractivity contribution in [3.05, 3.63) is 23.8 Å². The fraction of sp³-hybridized carbons (Fsp3) is 0.400. The standard InChI is InChI=1S/C15H17NO5/c1-4-20-15(19)9(2)16-12-7-11(10(3)17)5-6-13(12)21-8-14(16)18/h5-7,9H,4,8H2,1-3H3/t9-/m1/s1. The quantitative estimate of drug-likeness (QED) is 0.622. The molecule has 1 aromatic carbocycles. The van der Waals surface area contributed by atoms with Crippen LogP contribution in [0.4, 0.5) is 5.69 Å². The van der Waals surface area contributed by atoms with Crippen molar-refractivity contribution in [3.8, 4) is 5.75 Å². The Morgan fingerprint density at radius 1 is 1.43 bits per heavy atom. The van der Waals surface area contributed by atoms with Crippen molar-refractivity contribution in [1.29, 1.82) is 0 Å². The fourth-order valence-electron chi connectivity index (χ4n) is 2.18. The molecule has 6 heteroatoms. The van der Waals surface area contributed by atoms with E-state index in [1.807, 2.05) is 0 Å². The van der Waals surface area contributed by atoms with Gasteiger partial charge >= 0.3 is 5.97 Å². The van der Waals surface area contributed by atoms with Gasteiger partial charge in [-0.3, -0.25) is 14.5 Å². The van der Waals surface area contributed by atoms with Crippen LogP contribution in [0.25, 0.3) is 0 Å². The number of carbonyl (C=O) groups is 3. The molecule has 0 fully saturated rings. The third-order valence-corrected chi connectivity index (χ3v) is 3.26. The molecule has 0 spiro atoms. The van der Waals surface area contributed by atoms with Gasteiger partial charge in [0.25, 0.3) is 5.91 Å². The van der Waals surface area contributed by atoms with E-state index in [0.717, 1.165) is 0 Å². The minimum atomic E-state index is -0.776. The summed E-state index contributed by atoms with van der Waals surface area (Å²) in [5.74, 6) is -0.494. The molecule has 1 aliphatic rings. The van der Waals surface area contributed by atoms with Crippen molar-refractivity contribution in [3.63, 3.8) is 0 Å². The summed E-state index contributed by atoms with van der Waals surface area (Å²) in [4.78, 5) is 36.8. The number of benzene rings is 1. The number of rotatable bonds is 4. The lowest BCUT2D eigenvalue weighted by Gasteiger charge is -2.33. The van der Waals surface area contributed by atoms with Gasteiger partial charge in [0, 0.05) is 5.56 Å². The molecule has 21 heavy (non-hydrogen) atoms. The molecular weight excluding hydrogens is 274 g/mol. The Morgan fingerprint density at radius 3 is 2.76 bits per heavy atom. The molecule has 112 valence electrons. The van der Waals surface area contributed by atoms with Gasteiger partial charge in [0.1, 0.15) is 11.8 Å². The number of esters is 1. The van der Waals surface area contributed by atoms with Crippen LogP contribution in [0.2, 0.25) is 0 Å². The van der Waals surface area contributed by atoms with Gasteiger partial charge in [0.2, 0.25) is 0 Å². The number of ether oxygens (including phenoxy) is 2. The normalized spacial score (nSPS) is 15.0. The molecule has 6 nitrogen and oxygen atoms in total. The highest BCUT2D eigenvalue weighted by molar-refractivity contribution is 6.04. The van der Waals surface area contributed by atoms with E-state index in [1.54, 1.807) is 32.0 Å². The maximum Gasteiger partial charge on any atom is 0.328 e. The lowest BCUT2D eigenvalue weighted by Crippen LogP contribution is -2.48. The summed E-state index contributed by atoms with van der Waals surface area (Å²) < 4.78 is 10.3. The number of carbonyl (C=O) groups excluding carboxylic acids is 3. The van der Waals surface area contributed by atoms with Crippen molar-refractivity contribution in [2.45, 2.75) is 26.8 Å². The second-order valence-corrected chi connectivity index (χ2v) is 4.72. The van der Waals surface area contributed by atoms with Gasteiger partial charge in [0.15, 0.2) is 12.4 Å². The van der Waals surface area contributed by atoms with Crippen LogP contribution in [0.5, 0.6) is 5.75 Å². The molecule has 0 aromatic heterocycles. The van der Waals surface area contributed by atoms with Gasteiger partial charge in [-0.05, 0) is 39.0 Å². The van der Waals surface area contributed by atoms with E-state index in [1.165, 1.54) is 11.8 Å². The minimum absolute atomic E-state index is 0.125. The molecule has 1 aliphatic heterocycles. The molecule has 0 N–H and O–H groups in total. The zero-order valence-electron chi connectivity index (χ0n) is 12.2. The number of Topliss-reactive ketones (excluding diaryl/α,β-unsaturated/α-hetero) is 1. The Kier molecular flexibility index (Phi) is 4.26. The Hall–Kier alpha value is -2.37. The molecule has 0 unspecified atom stereocenters. The van der Waals surface area contributed by atoms with Crippen LogP contribution in [0.15, 0.2) is 18.2 Å². The number of fused-ring (bicyclic) bond motifs is 1. The van der Waals surface area contributed by atoms with Gasteiger partial charge < -0.3 is 9.47 Å². The first kappa shape index (κ1) is 15.0. The second-order valence-electron chi connectivity index (χ2n) is 4.72. The zero-order valence-corrected chi connectivity index (χ0v) is 12.2. The molecule has 2 rings (SSSR count). The molecule has 1 heterocycles. The first-order valence-corrected chi connectivity index (χ1v) is 6.72. The van der Waals surface area contributed by atoms with Crippen LogP contribution >= 0.6 is 0 Å². The van der Waals surface area contributed by atoms with Crippen LogP contribution in [-0.4, -0.2) is 36.9 Å². The average Bonchev–Trinajstić information content (AvgIpc) is 2.46. The fourth-order valence-corrected chi connectivity index (χ4v) is 2.18. The Morgan fingerprint density at radius 2 is 2.14 bits per heavy atom. The summed E-state index contributed by atoms with van der Waals surface area (Å²) >= 11 is 0. The molecular formula is C15H17NO5. The lowest BCUT2D eigenvalue weighted by atomic mass is 10.1. The maximum atomic E-state index is 12.1. The van der Waals surface area contributed by atoms with Gasteiger partial charge in [-0.2, -0.15) is 0 Å². The molecule has 1 atom stereocenters. The average molecular weight is 291 g/mol. The van der Waals surface area contributed by atoms with E-state index in [2.05, 4.69) is 0 Å². The summed E-state index contributed by atoms with van der Waals surface area (Å²) in [5, 5.41) is 0. The number of anilines is 1. The Balaban J connectivity index is 2.43. The van der Waals surface area contributed by atoms with E-state index < -0.39 is 12.0 Å². The Labute approximate surface area is 122 Å². The smallest absolute Gasteiger partial charge is 0.328 e. The van der Waals surface area contributed by atoms with Crippen LogP contribution in [0.1, 0.15) is 31.1 Å². The SMILES string of the molecule is CCOC(=O)[C@@H](C)N1C(=O)COc2ccc(C(C)=O)cc21. The molecule has 0 aliphatic carbocycles. The van der Waals surface area contributed by atoms with Crippen molar-refractivity contribution in [2.24, 2.45) is 0 Å². The molecule has 0 radical (unpaired) electrons. The first-order valence-electron chi connectivity index (χ1n) is 6.72. The highest BCUT2D eigenvalue weighted by Crippen LogP contribution is 2.34. The van der Waals surface area contributed by atoms with E-state index in [-0.39, 0.29) is 24.9 Å². The summed E-state index contributed by atoms with van der Waals surface area (Å²) in [5.41, 5.74) is 0.868. The van der Waals surface area contributed by atoms with Gasteiger partial charge in [0.05, 0.1) is 12.3 Å². The number of nitrogens with zero attached hydrogens (tertiary/aromatic N) is 1. The number of ketones is 1. The third-order valence-electron chi connectivity index (χ3n) is 3.26. The predicted molar refractivity (Wildman–Crippen MR) is 75.5 cm³/mol. The predicted octanol–water partition coefficient (Wildman–Crippen LogP) is 1.57. The lowest BCUT2D eigenvalue weighted by molar-refractivity contribution is -0.145. The van der Waals surface area contributed by atoms with Crippen LogP contribution in [-0.2, 0) is 14.3 Å². The van der Waals surface area contributed by atoms with E-state index in [9.17, 15) is 14.4 Å². The highest BCUT2D eigenvalue weighted by Gasteiger charge is 2.34. The van der Waals surface area contributed by atoms with Gasteiger partial charge in [-0.15, -0.1) is 0 Å². The molecule has 0 bridgehead atoms. The van der Waals surface area contributed by atoms with Crippen LogP contribution in [0, 0.1) is 0 Å². The zero-order chi connectivity index (χ0) is 15.6. The van der Waals surface area contributed by atoms with E-state index in [4.69, 9.17) is 9.47 Å².